The largest absolute Gasteiger partial charge is 0.384 e. The van der Waals surface area contributed by atoms with Crippen LogP contribution in [-0.2, 0) is 27.8 Å². The van der Waals surface area contributed by atoms with Crippen LogP contribution in [0.25, 0.3) is 0 Å². The second-order valence-corrected chi connectivity index (χ2v) is 8.07. The molecule has 2 N–H and O–H groups in total. The van der Waals surface area contributed by atoms with Crippen molar-refractivity contribution in [3.63, 3.8) is 0 Å². The van der Waals surface area contributed by atoms with Crippen LogP contribution in [0.2, 0.25) is 5.02 Å². The lowest BCUT2D eigenvalue weighted by Crippen LogP contribution is -2.39. The van der Waals surface area contributed by atoms with Crippen molar-refractivity contribution in [3.05, 3.63) is 70.2 Å². The van der Waals surface area contributed by atoms with Gasteiger partial charge in [0.25, 0.3) is 0 Å². The van der Waals surface area contributed by atoms with Crippen LogP contribution in [0.1, 0.15) is 23.1 Å². The molecule has 3 rings (SSSR count). The van der Waals surface area contributed by atoms with Crippen molar-refractivity contribution in [1.82, 2.24) is 4.72 Å². The van der Waals surface area contributed by atoms with Crippen LogP contribution in [0, 0.1) is 0 Å². The molecule has 0 heterocycles. The van der Waals surface area contributed by atoms with Crippen molar-refractivity contribution >= 4 is 21.6 Å². The second-order valence-electron chi connectivity index (χ2n) is 5.86. The SMILES string of the molecule is O=S(=O)(Cc1ccccc1Cl)NCC1(O)CCc2ccccc21. The van der Waals surface area contributed by atoms with Crippen LogP contribution in [0.5, 0.6) is 0 Å². The number of nitrogens with one attached hydrogen (secondary N) is 1. The molecule has 4 nitrogen and oxygen atoms in total. The number of aryl methyl sites for hydroxylation is 1. The predicted molar refractivity (Wildman–Crippen MR) is 90.7 cm³/mol. The van der Waals surface area contributed by atoms with E-state index in [-0.39, 0.29) is 12.3 Å². The van der Waals surface area contributed by atoms with E-state index in [1.165, 1.54) is 0 Å². The van der Waals surface area contributed by atoms with Gasteiger partial charge in [-0.1, -0.05) is 54.1 Å². The molecule has 1 atom stereocenters. The highest BCUT2D eigenvalue weighted by Crippen LogP contribution is 2.36. The number of aliphatic hydroxyl groups is 1. The summed E-state index contributed by atoms with van der Waals surface area (Å²) in [4.78, 5) is 0. The van der Waals surface area contributed by atoms with Crippen molar-refractivity contribution in [2.45, 2.75) is 24.2 Å². The minimum Gasteiger partial charge on any atom is -0.384 e. The molecule has 23 heavy (non-hydrogen) atoms. The maximum Gasteiger partial charge on any atom is 0.215 e. The fraction of sp³-hybridized carbons (Fsp3) is 0.294. The Balaban J connectivity index is 1.72. The first-order chi connectivity index (χ1) is 10.9. The molecule has 6 heteroatoms. The van der Waals surface area contributed by atoms with Gasteiger partial charge in [0, 0.05) is 11.6 Å². The number of hydrogen-bond acceptors (Lipinski definition) is 3. The van der Waals surface area contributed by atoms with E-state index >= 15 is 0 Å². The zero-order valence-electron chi connectivity index (χ0n) is 12.5. The number of fused-ring (bicyclic) bond motifs is 1. The summed E-state index contributed by atoms with van der Waals surface area (Å²) in [7, 11) is -3.58. The smallest absolute Gasteiger partial charge is 0.215 e. The lowest BCUT2D eigenvalue weighted by Gasteiger charge is -2.24. The van der Waals surface area contributed by atoms with Crippen LogP contribution < -0.4 is 4.72 Å². The molecule has 0 fully saturated rings. The van der Waals surface area contributed by atoms with Gasteiger partial charge >= 0.3 is 0 Å². The van der Waals surface area contributed by atoms with Gasteiger partial charge in [0.05, 0.1) is 5.75 Å². The van der Waals surface area contributed by atoms with Crippen LogP contribution >= 0.6 is 11.6 Å². The molecule has 2 aromatic carbocycles. The first-order valence-corrected chi connectivity index (χ1v) is 9.44. The molecule has 0 aliphatic heterocycles. The monoisotopic (exact) mass is 351 g/mol. The minimum atomic E-state index is -3.58. The summed E-state index contributed by atoms with van der Waals surface area (Å²) < 4.78 is 27.1. The van der Waals surface area contributed by atoms with Gasteiger partial charge in [-0.05, 0) is 35.6 Å². The van der Waals surface area contributed by atoms with Crippen molar-refractivity contribution in [3.8, 4) is 0 Å². The lowest BCUT2D eigenvalue weighted by atomic mass is 9.96. The summed E-state index contributed by atoms with van der Waals surface area (Å²) in [6.07, 6.45) is 1.26. The summed E-state index contributed by atoms with van der Waals surface area (Å²) >= 11 is 6.01. The van der Waals surface area contributed by atoms with Gasteiger partial charge in [0.2, 0.25) is 10.0 Å². The van der Waals surface area contributed by atoms with Gasteiger partial charge in [-0.2, -0.15) is 0 Å². The third-order valence-corrected chi connectivity index (χ3v) is 5.86. The third-order valence-electron chi connectivity index (χ3n) is 4.21. The highest BCUT2D eigenvalue weighted by Gasteiger charge is 2.37. The number of benzene rings is 2. The molecule has 0 aromatic heterocycles. The second kappa shape index (κ2) is 6.24. The van der Waals surface area contributed by atoms with E-state index in [0.29, 0.717) is 17.0 Å². The van der Waals surface area contributed by atoms with Crippen molar-refractivity contribution < 1.29 is 13.5 Å². The molecule has 1 aliphatic carbocycles. The molecule has 122 valence electrons. The highest BCUT2D eigenvalue weighted by atomic mass is 35.5. The predicted octanol–water partition coefficient (Wildman–Crippen LogP) is 2.59. The Morgan fingerprint density at radius 3 is 2.61 bits per heavy atom. The molecule has 0 spiro atoms. The van der Waals surface area contributed by atoms with E-state index in [1.807, 2.05) is 24.3 Å². The first-order valence-electron chi connectivity index (χ1n) is 7.41. The van der Waals surface area contributed by atoms with Crippen LogP contribution in [0.3, 0.4) is 0 Å². The quantitative estimate of drug-likeness (QED) is 0.870. The van der Waals surface area contributed by atoms with E-state index in [9.17, 15) is 13.5 Å². The molecular formula is C17H18ClNO3S. The summed E-state index contributed by atoms with van der Waals surface area (Å²) in [6.45, 7) is -0.0310. The third kappa shape index (κ3) is 3.58. The number of halogens is 1. The highest BCUT2D eigenvalue weighted by molar-refractivity contribution is 7.88. The lowest BCUT2D eigenvalue weighted by molar-refractivity contribution is 0.0442. The first kappa shape index (κ1) is 16.5. The molecule has 1 unspecified atom stereocenters. The Morgan fingerprint density at radius 1 is 1.13 bits per heavy atom. The Morgan fingerprint density at radius 2 is 1.83 bits per heavy atom. The summed E-state index contributed by atoms with van der Waals surface area (Å²) in [5, 5.41) is 11.2. The molecule has 2 aromatic rings. The maximum atomic E-state index is 12.3. The molecule has 0 radical (unpaired) electrons. The number of hydrogen-bond donors (Lipinski definition) is 2. The van der Waals surface area contributed by atoms with Crippen molar-refractivity contribution in [2.75, 3.05) is 6.54 Å². The van der Waals surface area contributed by atoms with Gasteiger partial charge in [-0.15, -0.1) is 0 Å². The van der Waals surface area contributed by atoms with Crippen LogP contribution in [0.15, 0.2) is 48.5 Å². The van der Waals surface area contributed by atoms with E-state index in [4.69, 9.17) is 11.6 Å². The van der Waals surface area contributed by atoms with E-state index in [2.05, 4.69) is 4.72 Å². The summed E-state index contributed by atoms with van der Waals surface area (Å²) in [5.41, 5.74) is 1.27. The van der Waals surface area contributed by atoms with Crippen LogP contribution in [-0.4, -0.2) is 20.1 Å². The Bertz CT molecular complexity index is 822. The fourth-order valence-corrected chi connectivity index (χ4v) is 4.46. The molecule has 0 amide bonds. The van der Waals surface area contributed by atoms with Gasteiger partial charge in [-0.25, -0.2) is 13.1 Å². The molecular weight excluding hydrogens is 334 g/mol. The molecule has 0 bridgehead atoms. The van der Waals surface area contributed by atoms with E-state index < -0.39 is 15.6 Å². The van der Waals surface area contributed by atoms with Gasteiger partial charge in [0.15, 0.2) is 0 Å². The van der Waals surface area contributed by atoms with Crippen molar-refractivity contribution in [1.29, 1.82) is 0 Å². The van der Waals surface area contributed by atoms with Gasteiger partial charge < -0.3 is 5.11 Å². The molecule has 1 aliphatic rings. The Kier molecular flexibility index (Phi) is 4.47. The topological polar surface area (TPSA) is 66.4 Å². The standard InChI is InChI=1S/C17H18ClNO3S/c18-16-8-4-2-6-14(16)11-23(21,22)19-12-17(20)10-9-13-5-1-3-7-15(13)17/h1-8,19-20H,9-12H2. The number of sulfonamides is 1. The van der Waals surface area contributed by atoms with Gasteiger partial charge in [0.1, 0.15) is 5.60 Å². The van der Waals surface area contributed by atoms with E-state index in [1.54, 1.807) is 24.3 Å². The average Bonchev–Trinajstić information content (AvgIpc) is 2.86. The van der Waals surface area contributed by atoms with Gasteiger partial charge in [-0.3, -0.25) is 0 Å². The summed E-state index contributed by atoms with van der Waals surface area (Å²) in [5.74, 6) is -0.204. The Labute approximate surface area is 141 Å². The maximum absolute atomic E-state index is 12.3. The zero-order chi connectivity index (χ0) is 16.5. The van der Waals surface area contributed by atoms with E-state index in [0.717, 1.165) is 17.5 Å². The Hall–Kier alpha value is -1.40. The minimum absolute atomic E-state index is 0.0310. The normalized spacial score (nSPS) is 20.4. The van der Waals surface area contributed by atoms with Crippen LogP contribution in [0.4, 0.5) is 0 Å². The summed E-state index contributed by atoms with van der Waals surface area (Å²) in [6, 6.07) is 14.4. The molecule has 0 saturated heterocycles. The van der Waals surface area contributed by atoms with Crippen molar-refractivity contribution in [2.24, 2.45) is 0 Å². The number of rotatable bonds is 5. The average molecular weight is 352 g/mol. The zero-order valence-corrected chi connectivity index (χ0v) is 14.1. The fourth-order valence-electron chi connectivity index (χ4n) is 2.95. The molecule has 0 saturated carbocycles.